The average Bonchev–Trinajstić information content (AvgIpc) is 2.34. The van der Waals surface area contributed by atoms with Crippen LogP contribution in [0.25, 0.3) is 0 Å². The standard InChI is InChI=1S/C17H34N2O2/c1-5-19(13-15-9-8-10-15)12-7-6-11-17(4,16(20)21)18-14(2)3/h14-15,18H,5-13H2,1-4H3,(H,20,21). The Morgan fingerprint density at radius 2 is 2.05 bits per heavy atom. The topological polar surface area (TPSA) is 52.6 Å². The van der Waals surface area contributed by atoms with Gasteiger partial charge in [-0.3, -0.25) is 10.1 Å². The molecule has 124 valence electrons. The molecule has 0 heterocycles. The Morgan fingerprint density at radius 1 is 1.38 bits per heavy atom. The average molecular weight is 298 g/mol. The molecule has 0 bridgehead atoms. The smallest absolute Gasteiger partial charge is 0.323 e. The van der Waals surface area contributed by atoms with Gasteiger partial charge in [-0.2, -0.15) is 0 Å². The Kier molecular flexibility index (Phi) is 7.67. The molecule has 1 saturated carbocycles. The number of nitrogens with zero attached hydrogens (tertiary/aromatic N) is 1. The first-order chi connectivity index (χ1) is 9.87. The van der Waals surface area contributed by atoms with Gasteiger partial charge in [-0.1, -0.05) is 13.3 Å². The zero-order valence-corrected chi connectivity index (χ0v) is 14.3. The fourth-order valence-electron chi connectivity index (χ4n) is 3.11. The van der Waals surface area contributed by atoms with Crippen molar-refractivity contribution in [2.45, 2.75) is 77.8 Å². The summed E-state index contributed by atoms with van der Waals surface area (Å²) in [7, 11) is 0. The van der Waals surface area contributed by atoms with Crippen LogP contribution in [0.15, 0.2) is 0 Å². The van der Waals surface area contributed by atoms with Crippen LogP contribution in [0.1, 0.15) is 66.2 Å². The van der Waals surface area contributed by atoms with Crippen LogP contribution in [0.2, 0.25) is 0 Å². The van der Waals surface area contributed by atoms with Crippen LogP contribution in [0.4, 0.5) is 0 Å². The highest BCUT2D eigenvalue weighted by Crippen LogP contribution is 2.27. The molecule has 0 radical (unpaired) electrons. The Labute approximate surface area is 130 Å². The van der Waals surface area contributed by atoms with E-state index in [1.807, 2.05) is 13.8 Å². The Hall–Kier alpha value is -0.610. The number of rotatable bonds is 11. The molecule has 0 amide bonds. The van der Waals surface area contributed by atoms with E-state index in [2.05, 4.69) is 17.1 Å². The van der Waals surface area contributed by atoms with E-state index >= 15 is 0 Å². The summed E-state index contributed by atoms with van der Waals surface area (Å²) < 4.78 is 0. The summed E-state index contributed by atoms with van der Waals surface area (Å²) >= 11 is 0. The van der Waals surface area contributed by atoms with E-state index in [1.54, 1.807) is 6.92 Å². The lowest BCUT2D eigenvalue weighted by Crippen LogP contribution is -2.52. The zero-order chi connectivity index (χ0) is 15.9. The van der Waals surface area contributed by atoms with Crippen LogP contribution >= 0.6 is 0 Å². The molecule has 1 aliphatic carbocycles. The van der Waals surface area contributed by atoms with Crippen molar-refractivity contribution in [1.29, 1.82) is 0 Å². The van der Waals surface area contributed by atoms with Crippen molar-refractivity contribution in [3.8, 4) is 0 Å². The number of nitrogens with one attached hydrogen (secondary N) is 1. The second kappa shape index (κ2) is 8.74. The number of carboxylic acids is 1. The van der Waals surface area contributed by atoms with Crippen LogP contribution in [0.3, 0.4) is 0 Å². The van der Waals surface area contributed by atoms with Gasteiger partial charge in [0.2, 0.25) is 0 Å². The van der Waals surface area contributed by atoms with Gasteiger partial charge < -0.3 is 10.0 Å². The molecule has 2 N–H and O–H groups in total. The number of hydrogen-bond donors (Lipinski definition) is 2. The Morgan fingerprint density at radius 3 is 2.48 bits per heavy atom. The monoisotopic (exact) mass is 298 g/mol. The van der Waals surface area contributed by atoms with Gasteiger partial charge in [0.15, 0.2) is 0 Å². The maximum absolute atomic E-state index is 11.5. The van der Waals surface area contributed by atoms with Crippen LogP contribution in [0, 0.1) is 5.92 Å². The van der Waals surface area contributed by atoms with Gasteiger partial charge in [0.05, 0.1) is 0 Å². The summed E-state index contributed by atoms with van der Waals surface area (Å²) in [6.07, 6.45) is 6.94. The number of carbonyl (C=O) groups is 1. The van der Waals surface area contributed by atoms with Gasteiger partial charge in [0.1, 0.15) is 5.54 Å². The predicted molar refractivity (Wildman–Crippen MR) is 87.6 cm³/mol. The third kappa shape index (κ3) is 6.35. The van der Waals surface area contributed by atoms with Crippen molar-refractivity contribution in [3.05, 3.63) is 0 Å². The molecular weight excluding hydrogens is 264 g/mol. The van der Waals surface area contributed by atoms with E-state index in [0.717, 1.165) is 31.8 Å². The fraction of sp³-hybridized carbons (Fsp3) is 0.941. The Balaban J connectivity index is 2.27. The van der Waals surface area contributed by atoms with Gasteiger partial charge in [-0.15, -0.1) is 0 Å². The third-order valence-electron chi connectivity index (χ3n) is 4.67. The number of hydrogen-bond acceptors (Lipinski definition) is 3. The lowest BCUT2D eigenvalue weighted by Gasteiger charge is -2.32. The van der Waals surface area contributed by atoms with Crippen molar-refractivity contribution in [3.63, 3.8) is 0 Å². The quantitative estimate of drug-likeness (QED) is 0.575. The largest absolute Gasteiger partial charge is 0.480 e. The summed E-state index contributed by atoms with van der Waals surface area (Å²) in [5.74, 6) is 0.176. The zero-order valence-electron chi connectivity index (χ0n) is 14.3. The molecule has 0 aromatic carbocycles. The molecule has 4 nitrogen and oxygen atoms in total. The van der Waals surface area contributed by atoms with E-state index in [4.69, 9.17) is 0 Å². The van der Waals surface area contributed by atoms with Gasteiger partial charge in [0.25, 0.3) is 0 Å². The third-order valence-corrected chi connectivity index (χ3v) is 4.67. The van der Waals surface area contributed by atoms with Gasteiger partial charge in [-0.25, -0.2) is 0 Å². The molecule has 0 spiro atoms. The van der Waals surface area contributed by atoms with E-state index in [9.17, 15) is 9.90 Å². The lowest BCUT2D eigenvalue weighted by molar-refractivity contribution is -0.144. The molecule has 0 saturated heterocycles. The highest BCUT2D eigenvalue weighted by Gasteiger charge is 2.32. The highest BCUT2D eigenvalue weighted by atomic mass is 16.4. The molecule has 1 rings (SSSR count). The summed E-state index contributed by atoms with van der Waals surface area (Å²) in [4.78, 5) is 14.0. The van der Waals surface area contributed by atoms with E-state index in [-0.39, 0.29) is 6.04 Å². The SMILES string of the molecule is CCN(CCCCC(C)(NC(C)C)C(=O)O)CC1CCC1. The van der Waals surface area contributed by atoms with E-state index < -0.39 is 11.5 Å². The van der Waals surface area contributed by atoms with Gasteiger partial charge >= 0.3 is 5.97 Å². The number of unbranched alkanes of at least 4 members (excludes halogenated alkanes) is 1. The lowest BCUT2D eigenvalue weighted by atomic mass is 9.85. The summed E-state index contributed by atoms with van der Waals surface area (Å²) in [6.45, 7) is 11.5. The number of aliphatic carboxylic acids is 1. The molecule has 21 heavy (non-hydrogen) atoms. The molecule has 0 aromatic heterocycles. The first-order valence-corrected chi connectivity index (χ1v) is 8.61. The molecule has 0 aromatic rings. The molecule has 0 aliphatic heterocycles. The van der Waals surface area contributed by atoms with Gasteiger partial charge in [-0.05, 0) is 71.9 Å². The summed E-state index contributed by atoms with van der Waals surface area (Å²) in [5, 5.41) is 12.6. The first-order valence-electron chi connectivity index (χ1n) is 8.61. The molecular formula is C17H34N2O2. The number of carboxylic acid groups (broad SMARTS) is 1. The maximum atomic E-state index is 11.5. The predicted octanol–water partition coefficient (Wildman–Crippen LogP) is 3.12. The fourth-order valence-corrected chi connectivity index (χ4v) is 3.11. The normalized spacial score (nSPS) is 18.8. The molecule has 4 heteroatoms. The second-order valence-corrected chi connectivity index (χ2v) is 7.08. The van der Waals surface area contributed by atoms with Crippen molar-refractivity contribution in [1.82, 2.24) is 10.2 Å². The van der Waals surface area contributed by atoms with Crippen molar-refractivity contribution < 1.29 is 9.90 Å². The minimum atomic E-state index is -0.792. The maximum Gasteiger partial charge on any atom is 0.323 e. The first kappa shape index (κ1) is 18.4. The summed E-state index contributed by atoms with van der Waals surface area (Å²) in [5.41, 5.74) is -0.792. The van der Waals surface area contributed by atoms with E-state index in [0.29, 0.717) is 6.42 Å². The second-order valence-electron chi connectivity index (χ2n) is 7.08. The molecule has 1 unspecified atom stereocenters. The van der Waals surface area contributed by atoms with Gasteiger partial charge in [0, 0.05) is 12.6 Å². The molecule has 1 fully saturated rings. The van der Waals surface area contributed by atoms with E-state index in [1.165, 1.54) is 25.8 Å². The van der Waals surface area contributed by atoms with Crippen molar-refractivity contribution in [2.24, 2.45) is 5.92 Å². The molecule has 1 atom stereocenters. The van der Waals surface area contributed by atoms with Crippen molar-refractivity contribution >= 4 is 5.97 Å². The highest BCUT2D eigenvalue weighted by molar-refractivity contribution is 5.78. The van der Waals surface area contributed by atoms with Crippen LogP contribution in [0.5, 0.6) is 0 Å². The minimum Gasteiger partial charge on any atom is -0.480 e. The Bertz CT molecular complexity index is 316. The summed E-state index contributed by atoms with van der Waals surface area (Å²) in [6, 6.07) is 0.192. The minimum absolute atomic E-state index is 0.192. The van der Waals surface area contributed by atoms with Crippen molar-refractivity contribution in [2.75, 3.05) is 19.6 Å². The molecule has 1 aliphatic rings. The van der Waals surface area contributed by atoms with Crippen LogP contribution in [-0.2, 0) is 4.79 Å². The van der Waals surface area contributed by atoms with Crippen LogP contribution in [-0.4, -0.2) is 47.2 Å². The van der Waals surface area contributed by atoms with Crippen LogP contribution < -0.4 is 5.32 Å².